The smallest absolute Gasteiger partial charge is 0.170 e. The fourth-order valence-corrected chi connectivity index (χ4v) is 2.28. The standard InChI is InChI=1S/C10H17BrFN3/c1-9(2,3)10(12,6-13)8-7(11)5-14-15(8)4/h5H,6,13H2,1-4H3. The molecule has 0 spiro atoms. The normalized spacial score (nSPS) is 16.5. The number of hydrogen-bond donors (Lipinski definition) is 1. The highest BCUT2D eigenvalue weighted by Gasteiger charge is 2.46. The molecular weight excluding hydrogens is 261 g/mol. The maximum Gasteiger partial charge on any atom is 0.170 e. The SMILES string of the molecule is Cn1ncc(Br)c1C(F)(CN)C(C)(C)C. The first-order chi connectivity index (χ1) is 6.74. The zero-order valence-corrected chi connectivity index (χ0v) is 11.1. The van der Waals surface area contributed by atoms with Gasteiger partial charge in [-0.2, -0.15) is 5.10 Å². The minimum Gasteiger partial charge on any atom is -0.327 e. The van der Waals surface area contributed by atoms with Gasteiger partial charge in [-0.3, -0.25) is 4.68 Å². The molecule has 3 nitrogen and oxygen atoms in total. The average Bonchev–Trinajstić information content (AvgIpc) is 2.43. The Kier molecular flexibility index (Phi) is 3.26. The van der Waals surface area contributed by atoms with Gasteiger partial charge in [0.25, 0.3) is 0 Å². The van der Waals surface area contributed by atoms with E-state index < -0.39 is 11.1 Å². The van der Waals surface area contributed by atoms with Crippen LogP contribution < -0.4 is 5.73 Å². The summed E-state index contributed by atoms with van der Waals surface area (Å²) >= 11 is 3.31. The number of nitrogens with zero attached hydrogens (tertiary/aromatic N) is 2. The summed E-state index contributed by atoms with van der Waals surface area (Å²) in [6, 6.07) is 0. The number of aryl methyl sites for hydroxylation is 1. The molecular formula is C10H17BrFN3. The van der Waals surface area contributed by atoms with Gasteiger partial charge in [0.2, 0.25) is 0 Å². The van der Waals surface area contributed by atoms with Crippen molar-refractivity contribution in [3.8, 4) is 0 Å². The van der Waals surface area contributed by atoms with Gasteiger partial charge in [-0.15, -0.1) is 0 Å². The second-order valence-electron chi connectivity index (χ2n) is 4.72. The van der Waals surface area contributed by atoms with Crippen LogP contribution in [0.15, 0.2) is 10.7 Å². The van der Waals surface area contributed by atoms with E-state index in [-0.39, 0.29) is 6.54 Å². The zero-order valence-electron chi connectivity index (χ0n) is 9.51. The van der Waals surface area contributed by atoms with Crippen LogP contribution in [-0.4, -0.2) is 16.3 Å². The second-order valence-corrected chi connectivity index (χ2v) is 5.57. The summed E-state index contributed by atoms with van der Waals surface area (Å²) in [4.78, 5) is 0. The summed E-state index contributed by atoms with van der Waals surface area (Å²) < 4.78 is 17.1. The van der Waals surface area contributed by atoms with Gasteiger partial charge >= 0.3 is 0 Å². The highest BCUT2D eigenvalue weighted by molar-refractivity contribution is 9.10. The molecule has 0 aliphatic heterocycles. The van der Waals surface area contributed by atoms with E-state index in [9.17, 15) is 4.39 Å². The Balaban J connectivity index is 3.36. The van der Waals surface area contributed by atoms with E-state index in [0.29, 0.717) is 10.2 Å². The summed E-state index contributed by atoms with van der Waals surface area (Å²) in [5, 5.41) is 4.02. The molecule has 0 aliphatic carbocycles. The van der Waals surface area contributed by atoms with Gasteiger partial charge in [-0.05, 0) is 15.9 Å². The minimum absolute atomic E-state index is 0.0609. The lowest BCUT2D eigenvalue weighted by Crippen LogP contribution is -2.44. The molecule has 15 heavy (non-hydrogen) atoms. The zero-order chi connectivity index (χ0) is 11.9. The average molecular weight is 278 g/mol. The number of alkyl halides is 1. The first-order valence-electron chi connectivity index (χ1n) is 4.81. The van der Waals surface area contributed by atoms with Gasteiger partial charge in [0.05, 0.1) is 16.4 Å². The highest BCUT2D eigenvalue weighted by Crippen LogP contribution is 2.44. The Bertz CT molecular complexity index is 337. The number of nitrogens with two attached hydrogens (primary N) is 1. The molecule has 86 valence electrons. The van der Waals surface area contributed by atoms with Gasteiger partial charge in [0.1, 0.15) is 0 Å². The summed E-state index contributed by atoms with van der Waals surface area (Å²) in [7, 11) is 1.72. The Morgan fingerprint density at radius 1 is 1.53 bits per heavy atom. The van der Waals surface area contributed by atoms with Crippen molar-refractivity contribution in [2.75, 3.05) is 6.54 Å². The van der Waals surface area contributed by atoms with E-state index in [4.69, 9.17) is 5.73 Å². The summed E-state index contributed by atoms with van der Waals surface area (Å²) in [6.07, 6.45) is 1.59. The molecule has 5 heteroatoms. The van der Waals surface area contributed by atoms with Gasteiger partial charge in [0.15, 0.2) is 5.67 Å². The van der Waals surface area contributed by atoms with Crippen LogP contribution in [0.1, 0.15) is 26.5 Å². The van der Waals surface area contributed by atoms with E-state index in [2.05, 4.69) is 21.0 Å². The topological polar surface area (TPSA) is 43.8 Å². The molecule has 0 saturated carbocycles. The quantitative estimate of drug-likeness (QED) is 0.902. The molecule has 1 aromatic rings. The molecule has 1 rings (SSSR count). The third-order valence-corrected chi connectivity index (χ3v) is 3.32. The maximum atomic E-state index is 14.9. The Morgan fingerprint density at radius 3 is 2.33 bits per heavy atom. The molecule has 0 aliphatic rings. The Labute approximate surface area is 98.0 Å². The van der Waals surface area contributed by atoms with Crippen molar-refractivity contribution < 1.29 is 4.39 Å². The number of rotatable bonds is 2. The van der Waals surface area contributed by atoms with Crippen LogP contribution in [0.25, 0.3) is 0 Å². The molecule has 0 amide bonds. The van der Waals surface area contributed by atoms with E-state index >= 15 is 0 Å². The summed E-state index contributed by atoms with van der Waals surface area (Å²) in [5.74, 6) is 0. The Morgan fingerprint density at radius 2 is 2.07 bits per heavy atom. The van der Waals surface area contributed by atoms with Crippen molar-refractivity contribution in [1.29, 1.82) is 0 Å². The van der Waals surface area contributed by atoms with Crippen molar-refractivity contribution in [2.24, 2.45) is 18.2 Å². The predicted octanol–water partition coefficient (Wildman–Crippen LogP) is 2.35. The molecule has 1 unspecified atom stereocenters. The van der Waals surface area contributed by atoms with Crippen molar-refractivity contribution in [3.05, 3.63) is 16.4 Å². The van der Waals surface area contributed by atoms with Crippen LogP contribution >= 0.6 is 15.9 Å². The first-order valence-corrected chi connectivity index (χ1v) is 5.60. The van der Waals surface area contributed by atoms with Crippen molar-refractivity contribution in [3.63, 3.8) is 0 Å². The summed E-state index contributed by atoms with van der Waals surface area (Å²) in [5.41, 5.74) is 3.93. The second kappa shape index (κ2) is 3.87. The fraction of sp³-hybridized carbons (Fsp3) is 0.700. The van der Waals surface area contributed by atoms with E-state index in [1.165, 1.54) is 4.68 Å². The molecule has 1 aromatic heterocycles. The molecule has 0 radical (unpaired) electrons. The van der Waals surface area contributed by atoms with Crippen molar-refractivity contribution >= 4 is 15.9 Å². The fourth-order valence-electron chi connectivity index (χ4n) is 1.61. The molecule has 1 atom stereocenters. The van der Waals surface area contributed by atoms with Gasteiger partial charge < -0.3 is 5.73 Å². The first kappa shape index (κ1) is 12.6. The van der Waals surface area contributed by atoms with E-state index in [1.807, 2.05) is 20.8 Å². The van der Waals surface area contributed by atoms with Crippen LogP contribution in [0.4, 0.5) is 4.39 Å². The number of hydrogen-bond acceptors (Lipinski definition) is 2. The van der Waals surface area contributed by atoms with E-state index in [1.54, 1.807) is 13.2 Å². The highest BCUT2D eigenvalue weighted by atomic mass is 79.9. The third-order valence-electron chi connectivity index (χ3n) is 2.74. The summed E-state index contributed by atoms with van der Waals surface area (Å²) in [6.45, 7) is 5.44. The minimum atomic E-state index is -1.59. The van der Waals surface area contributed by atoms with Crippen LogP contribution in [-0.2, 0) is 12.7 Å². The van der Waals surface area contributed by atoms with Crippen molar-refractivity contribution in [1.82, 2.24) is 9.78 Å². The lowest BCUT2D eigenvalue weighted by Gasteiger charge is -2.37. The Hall–Kier alpha value is -0.420. The monoisotopic (exact) mass is 277 g/mol. The van der Waals surface area contributed by atoms with Crippen LogP contribution in [0.5, 0.6) is 0 Å². The molecule has 2 N–H and O–H groups in total. The molecule has 0 bridgehead atoms. The number of halogens is 2. The van der Waals surface area contributed by atoms with Gasteiger partial charge in [-0.25, -0.2) is 4.39 Å². The molecule has 0 saturated heterocycles. The lowest BCUT2D eigenvalue weighted by atomic mass is 9.76. The van der Waals surface area contributed by atoms with Crippen LogP contribution in [0, 0.1) is 5.41 Å². The maximum absolute atomic E-state index is 14.9. The molecule has 1 heterocycles. The van der Waals surface area contributed by atoms with Crippen LogP contribution in [0.3, 0.4) is 0 Å². The predicted molar refractivity (Wildman–Crippen MR) is 62.2 cm³/mol. The van der Waals surface area contributed by atoms with Crippen molar-refractivity contribution in [2.45, 2.75) is 26.4 Å². The largest absolute Gasteiger partial charge is 0.327 e. The van der Waals surface area contributed by atoms with E-state index in [0.717, 1.165) is 0 Å². The van der Waals surface area contributed by atoms with Gasteiger partial charge in [0, 0.05) is 19.0 Å². The number of aromatic nitrogens is 2. The third kappa shape index (κ3) is 1.95. The van der Waals surface area contributed by atoms with Crippen LogP contribution in [0.2, 0.25) is 0 Å². The molecule has 0 fully saturated rings. The molecule has 0 aromatic carbocycles. The van der Waals surface area contributed by atoms with Gasteiger partial charge in [-0.1, -0.05) is 20.8 Å². The lowest BCUT2D eigenvalue weighted by molar-refractivity contribution is 0.0255.